The van der Waals surface area contributed by atoms with E-state index in [1.807, 2.05) is 6.92 Å². The molecule has 0 saturated heterocycles. The van der Waals surface area contributed by atoms with Crippen LogP contribution < -0.4 is 0 Å². The molecule has 108 valence electrons. The second-order valence-corrected chi connectivity index (χ2v) is 6.09. The van der Waals surface area contributed by atoms with Crippen molar-refractivity contribution in [2.24, 2.45) is 5.16 Å². The third kappa shape index (κ3) is 3.13. The average Bonchev–Trinajstić information content (AvgIpc) is 2.74. The molecular formula is C12H11Cl2NO4S. The average molecular weight is 336 g/mol. The molecule has 0 spiro atoms. The lowest BCUT2D eigenvalue weighted by atomic mass is 9.98. The van der Waals surface area contributed by atoms with Crippen molar-refractivity contribution in [1.82, 2.24) is 0 Å². The third-order valence-corrected chi connectivity index (χ3v) is 4.05. The number of nitrogens with zero attached hydrogens (tertiary/aromatic N) is 1. The van der Waals surface area contributed by atoms with Gasteiger partial charge in [0.1, 0.15) is 16.8 Å². The first-order chi connectivity index (χ1) is 9.40. The molecule has 2 rings (SSSR count). The summed E-state index contributed by atoms with van der Waals surface area (Å²) in [5.74, 6) is -0.186. The molecule has 0 aliphatic carbocycles. The Kier molecular flexibility index (Phi) is 4.67. The molecule has 5 nitrogen and oxygen atoms in total. The minimum absolute atomic E-state index is 0.107. The monoisotopic (exact) mass is 335 g/mol. The number of hydrogen-bond donors (Lipinski definition) is 1. The number of carbonyl (C=O) groups is 1. The molecule has 0 N–H and O–H groups in total. The van der Waals surface area contributed by atoms with Gasteiger partial charge in [0.05, 0.1) is 22.1 Å². The summed E-state index contributed by atoms with van der Waals surface area (Å²) in [6.45, 7) is 1.83. The predicted octanol–water partition coefficient (Wildman–Crippen LogP) is 2.34. The number of oxime groups is 1. The van der Waals surface area contributed by atoms with Crippen LogP contribution in [0.3, 0.4) is 0 Å². The molecule has 1 aromatic carbocycles. The largest absolute Gasteiger partial charge is 0.392 e. The van der Waals surface area contributed by atoms with Crippen molar-refractivity contribution in [3.63, 3.8) is 0 Å². The first-order valence-corrected chi connectivity index (χ1v) is 7.88. The standard InChI is InChI=1S/C12H11Cl2NO4S/c1-6-4-9(15-19-6)10-7(5-20(17)18)2-3-8(11(10)13)12(14)16/h2-3,6,20H,4-5H2,1H3. The Labute approximate surface area is 127 Å². The maximum Gasteiger partial charge on any atom is 0.253 e. The maximum atomic E-state index is 11.3. The number of hydrogen-bond acceptors (Lipinski definition) is 5. The van der Waals surface area contributed by atoms with E-state index in [0.717, 1.165) is 0 Å². The first kappa shape index (κ1) is 15.3. The Morgan fingerprint density at radius 2 is 2.20 bits per heavy atom. The summed E-state index contributed by atoms with van der Waals surface area (Å²) in [6.07, 6.45) is 0.368. The van der Waals surface area contributed by atoms with Gasteiger partial charge < -0.3 is 4.84 Å². The molecule has 1 aliphatic heterocycles. The predicted molar refractivity (Wildman–Crippen MR) is 77.4 cm³/mol. The molecule has 8 heteroatoms. The summed E-state index contributed by atoms with van der Waals surface area (Å²) >= 11 is 11.6. The summed E-state index contributed by atoms with van der Waals surface area (Å²) in [5.41, 5.74) is 1.54. The minimum Gasteiger partial charge on any atom is -0.392 e. The zero-order valence-electron chi connectivity index (χ0n) is 10.4. The van der Waals surface area contributed by atoms with E-state index >= 15 is 0 Å². The van der Waals surface area contributed by atoms with E-state index in [0.29, 0.717) is 23.3 Å². The molecule has 1 aromatic rings. The molecule has 20 heavy (non-hydrogen) atoms. The lowest BCUT2D eigenvalue weighted by molar-refractivity contribution is 0.0995. The minimum atomic E-state index is -2.63. The molecule has 1 atom stereocenters. The Balaban J connectivity index is 2.59. The second kappa shape index (κ2) is 6.11. The molecule has 1 aliphatic rings. The van der Waals surface area contributed by atoms with Crippen molar-refractivity contribution < 1.29 is 18.0 Å². The van der Waals surface area contributed by atoms with Gasteiger partial charge in [-0.1, -0.05) is 22.8 Å². The number of thiol groups is 1. The van der Waals surface area contributed by atoms with E-state index in [2.05, 4.69) is 5.16 Å². The lowest BCUT2D eigenvalue weighted by Gasteiger charge is -2.11. The van der Waals surface area contributed by atoms with Crippen molar-refractivity contribution in [2.75, 3.05) is 0 Å². The van der Waals surface area contributed by atoms with Gasteiger partial charge in [-0.05, 0) is 30.2 Å². The fourth-order valence-corrected chi connectivity index (χ4v) is 3.13. The molecule has 0 aromatic heterocycles. The van der Waals surface area contributed by atoms with E-state index in [-0.39, 0.29) is 22.4 Å². The van der Waals surface area contributed by atoms with Gasteiger partial charge in [0, 0.05) is 12.0 Å². The summed E-state index contributed by atoms with van der Waals surface area (Å²) in [6, 6.07) is 2.93. The highest BCUT2D eigenvalue weighted by molar-refractivity contribution is 7.71. The van der Waals surface area contributed by atoms with Crippen LogP contribution in [-0.4, -0.2) is 25.5 Å². The van der Waals surface area contributed by atoms with Gasteiger partial charge in [-0.15, -0.1) is 0 Å². The van der Waals surface area contributed by atoms with Crippen LogP contribution in [0.4, 0.5) is 0 Å². The van der Waals surface area contributed by atoms with E-state index < -0.39 is 15.9 Å². The van der Waals surface area contributed by atoms with Crippen LogP contribution >= 0.6 is 23.2 Å². The van der Waals surface area contributed by atoms with Crippen LogP contribution in [0.1, 0.15) is 34.8 Å². The Bertz CT molecular complexity index is 662. The fourth-order valence-electron chi connectivity index (χ4n) is 2.00. The van der Waals surface area contributed by atoms with Crippen LogP contribution in [0.15, 0.2) is 17.3 Å². The third-order valence-electron chi connectivity index (χ3n) is 2.85. The van der Waals surface area contributed by atoms with E-state index in [1.54, 1.807) is 0 Å². The number of benzene rings is 1. The Morgan fingerprint density at radius 1 is 1.50 bits per heavy atom. The van der Waals surface area contributed by atoms with Gasteiger partial charge in [-0.2, -0.15) is 0 Å². The van der Waals surface area contributed by atoms with Crippen LogP contribution in [0, 0.1) is 0 Å². The molecule has 1 heterocycles. The highest BCUT2D eigenvalue weighted by atomic mass is 35.5. The van der Waals surface area contributed by atoms with E-state index in [4.69, 9.17) is 28.0 Å². The summed E-state index contributed by atoms with van der Waals surface area (Å²) in [4.78, 5) is 16.4. The molecule has 0 bridgehead atoms. The fraction of sp³-hybridized carbons (Fsp3) is 0.333. The van der Waals surface area contributed by atoms with Gasteiger partial charge in [-0.3, -0.25) is 4.79 Å². The van der Waals surface area contributed by atoms with E-state index in [9.17, 15) is 13.2 Å². The summed E-state index contributed by atoms with van der Waals surface area (Å²) in [7, 11) is -2.63. The van der Waals surface area contributed by atoms with Crippen LogP contribution in [0.25, 0.3) is 0 Å². The van der Waals surface area contributed by atoms with Crippen molar-refractivity contribution in [2.45, 2.75) is 25.2 Å². The topological polar surface area (TPSA) is 72.8 Å². The highest BCUT2D eigenvalue weighted by Gasteiger charge is 2.25. The highest BCUT2D eigenvalue weighted by Crippen LogP contribution is 2.30. The van der Waals surface area contributed by atoms with Gasteiger partial charge in [-0.25, -0.2) is 8.42 Å². The molecule has 0 amide bonds. The van der Waals surface area contributed by atoms with Crippen LogP contribution in [0.5, 0.6) is 0 Å². The smallest absolute Gasteiger partial charge is 0.253 e. The van der Waals surface area contributed by atoms with Crippen molar-refractivity contribution in [3.05, 3.63) is 33.8 Å². The van der Waals surface area contributed by atoms with Gasteiger partial charge in [0.15, 0.2) is 0 Å². The number of rotatable bonds is 4. The molecule has 1 unspecified atom stereocenters. The number of carbonyl (C=O) groups excluding carboxylic acids is 1. The molecule has 0 radical (unpaired) electrons. The first-order valence-electron chi connectivity index (χ1n) is 5.76. The number of halogens is 2. The summed E-state index contributed by atoms with van der Waals surface area (Å²) < 4.78 is 21.9. The van der Waals surface area contributed by atoms with Gasteiger partial charge in [0.2, 0.25) is 0 Å². The van der Waals surface area contributed by atoms with Crippen molar-refractivity contribution in [1.29, 1.82) is 0 Å². The molecule has 0 saturated carbocycles. The van der Waals surface area contributed by atoms with Crippen LogP contribution in [0.2, 0.25) is 5.02 Å². The Hall–Kier alpha value is -1.11. The quantitative estimate of drug-likeness (QED) is 0.677. The Morgan fingerprint density at radius 3 is 2.70 bits per heavy atom. The summed E-state index contributed by atoms with van der Waals surface area (Å²) in [5, 5.41) is 3.30. The lowest BCUT2D eigenvalue weighted by Crippen LogP contribution is -2.10. The molecule has 0 fully saturated rings. The van der Waals surface area contributed by atoms with Crippen LogP contribution in [-0.2, 0) is 21.3 Å². The van der Waals surface area contributed by atoms with E-state index in [1.165, 1.54) is 12.1 Å². The zero-order valence-corrected chi connectivity index (χ0v) is 12.8. The maximum absolute atomic E-state index is 11.3. The van der Waals surface area contributed by atoms with Gasteiger partial charge in [0.25, 0.3) is 5.24 Å². The van der Waals surface area contributed by atoms with Crippen molar-refractivity contribution >= 4 is 44.9 Å². The normalized spacial score (nSPS) is 18.0. The van der Waals surface area contributed by atoms with Crippen molar-refractivity contribution in [3.8, 4) is 0 Å². The SMILES string of the molecule is CC1CC(c2c(C[SH](=O)=O)ccc(C(=O)Cl)c2Cl)=NO1. The zero-order chi connectivity index (χ0) is 14.9. The van der Waals surface area contributed by atoms with Gasteiger partial charge >= 0.3 is 0 Å². The molecular weight excluding hydrogens is 325 g/mol. The second-order valence-electron chi connectivity index (χ2n) is 4.38.